The average molecular weight is 439 g/mol. The molecule has 0 radical (unpaired) electrons. The van der Waals surface area contributed by atoms with Gasteiger partial charge in [-0.25, -0.2) is 0 Å². The molecule has 1 N–H and O–H groups in total. The zero-order valence-corrected chi connectivity index (χ0v) is 17.7. The molecule has 3 aromatic rings. The summed E-state index contributed by atoms with van der Waals surface area (Å²) in [5, 5.41) is 4.93. The van der Waals surface area contributed by atoms with Crippen molar-refractivity contribution in [3.05, 3.63) is 71.0 Å². The lowest BCUT2D eigenvalue weighted by Gasteiger charge is -2.28. The topological polar surface area (TPSA) is 84.8 Å². The van der Waals surface area contributed by atoms with Gasteiger partial charge in [0, 0.05) is 42.5 Å². The van der Waals surface area contributed by atoms with Crippen LogP contribution < -0.4 is 15.1 Å². The van der Waals surface area contributed by atoms with E-state index in [0.717, 1.165) is 30.2 Å². The van der Waals surface area contributed by atoms with Gasteiger partial charge in [0.25, 0.3) is 0 Å². The SMILES string of the molecule is Clc1cccc(/C=N/Nc2cc(N3CCOCC3)nc(OCCc3ccccn3)n2)c1. The van der Waals surface area contributed by atoms with Gasteiger partial charge in [-0.2, -0.15) is 15.1 Å². The zero-order valence-electron chi connectivity index (χ0n) is 16.9. The molecule has 0 saturated carbocycles. The Balaban J connectivity index is 1.46. The minimum Gasteiger partial charge on any atom is -0.463 e. The number of hydrazone groups is 1. The first kappa shape index (κ1) is 21.0. The molecule has 0 unspecified atom stereocenters. The summed E-state index contributed by atoms with van der Waals surface area (Å²) < 4.78 is 11.3. The van der Waals surface area contributed by atoms with Gasteiger partial charge < -0.3 is 14.4 Å². The smallest absolute Gasteiger partial charge is 0.320 e. The summed E-state index contributed by atoms with van der Waals surface area (Å²) in [6, 6.07) is 15.4. The molecule has 1 aromatic carbocycles. The third-order valence-electron chi connectivity index (χ3n) is 4.58. The van der Waals surface area contributed by atoms with Crippen molar-refractivity contribution in [2.45, 2.75) is 6.42 Å². The highest BCUT2D eigenvalue weighted by molar-refractivity contribution is 6.30. The first-order valence-corrected chi connectivity index (χ1v) is 10.4. The summed E-state index contributed by atoms with van der Waals surface area (Å²) in [4.78, 5) is 15.5. The fraction of sp³-hybridized carbons (Fsp3) is 0.273. The van der Waals surface area contributed by atoms with Crippen molar-refractivity contribution >= 4 is 29.5 Å². The van der Waals surface area contributed by atoms with E-state index in [0.29, 0.717) is 43.1 Å². The summed E-state index contributed by atoms with van der Waals surface area (Å²) >= 11 is 6.02. The summed E-state index contributed by atoms with van der Waals surface area (Å²) in [6.45, 7) is 3.27. The Morgan fingerprint density at radius 2 is 2.03 bits per heavy atom. The maximum Gasteiger partial charge on any atom is 0.320 e. The summed E-state index contributed by atoms with van der Waals surface area (Å²) in [5.74, 6) is 1.31. The summed E-state index contributed by atoms with van der Waals surface area (Å²) in [7, 11) is 0. The second kappa shape index (κ2) is 10.7. The van der Waals surface area contributed by atoms with Crippen LogP contribution in [0.25, 0.3) is 0 Å². The molecule has 0 spiro atoms. The lowest BCUT2D eigenvalue weighted by atomic mass is 10.2. The monoisotopic (exact) mass is 438 g/mol. The number of hydrogen-bond acceptors (Lipinski definition) is 8. The van der Waals surface area contributed by atoms with Crippen molar-refractivity contribution in [1.82, 2.24) is 15.0 Å². The zero-order chi connectivity index (χ0) is 21.3. The summed E-state index contributed by atoms with van der Waals surface area (Å²) in [5.41, 5.74) is 4.80. The predicted molar refractivity (Wildman–Crippen MR) is 121 cm³/mol. The van der Waals surface area contributed by atoms with Crippen molar-refractivity contribution < 1.29 is 9.47 Å². The molecule has 9 heteroatoms. The number of halogens is 1. The first-order chi connectivity index (χ1) is 15.3. The largest absolute Gasteiger partial charge is 0.463 e. The van der Waals surface area contributed by atoms with Crippen LogP contribution >= 0.6 is 11.6 Å². The van der Waals surface area contributed by atoms with Crippen molar-refractivity contribution in [3.63, 3.8) is 0 Å². The highest BCUT2D eigenvalue weighted by atomic mass is 35.5. The van der Waals surface area contributed by atoms with Gasteiger partial charge in [0.05, 0.1) is 26.0 Å². The molecule has 31 heavy (non-hydrogen) atoms. The second-order valence-corrected chi connectivity index (χ2v) is 7.27. The number of aromatic nitrogens is 3. The number of rotatable bonds is 8. The molecule has 160 valence electrons. The number of pyridine rings is 1. The van der Waals surface area contributed by atoms with E-state index in [1.807, 2.05) is 48.5 Å². The third kappa shape index (κ3) is 6.37. The van der Waals surface area contributed by atoms with Gasteiger partial charge in [-0.3, -0.25) is 10.4 Å². The van der Waals surface area contributed by atoms with Crippen molar-refractivity contribution in [3.8, 4) is 6.01 Å². The van der Waals surface area contributed by atoms with Crippen LogP contribution in [0.2, 0.25) is 5.02 Å². The number of ether oxygens (including phenoxy) is 2. The van der Waals surface area contributed by atoms with Crippen LogP contribution in [0.1, 0.15) is 11.3 Å². The molecule has 0 bridgehead atoms. The fourth-order valence-electron chi connectivity index (χ4n) is 3.04. The van der Waals surface area contributed by atoms with Gasteiger partial charge in [-0.1, -0.05) is 29.8 Å². The number of nitrogens with one attached hydrogen (secondary N) is 1. The summed E-state index contributed by atoms with van der Waals surface area (Å²) in [6.07, 6.45) is 4.12. The molecule has 8 nitrogen and oxygen atoms in total. The van der Waals surface area contributed by atoms with Crippen LogP contribution in [0.4, 0.5) is 11.6 Å². The number of anilines is 2. The minimum atomic E-state index is 0.292. The fourth-order valence-corrected chi connectivity index (χ4v) is 3.24. The molecule has 1 aliphatic rings. The van der Waals surface area contributed by atoms with E-state index in [2.05, 4.69) is 30.4 Å². The Morgan fingerprint density at radius 3 is 2.84 bits per heavy atom. The molecule has 4 rings (SSSR count). The van der Waals surface area contributed by atoms with Crippen molar-refractivity contribution in [1.29, 1.82) is 0 Å². The second-order valence-electron chi connectivity index (χ2n) is 6.84. The predicted octanol–water partition coefficient (Wildman–Crippen LogP) is 3.43. The quantitative estimate of drug-likeness (QED) is 0.426. The molecule has 2 aromatic heterocycles. The minimum absolute atomic E-state index is 0.292. The van der Waals surface area contributed by atoms with Crippen LogP contribution in [0, 0.1) is 0 Å². The van der Waals surface area contributed by atoms with Crippen LogP contribution in [-0.4, -0.2) is 54.1 Å². The number of benzene rings is 1. The number of morpholine rings is 1. The maximum atomic E-state index is 6.02. The number of hydrogen-bond donors (Lipinski definition) is 1. The molecule has 0 aliphatic carbocycles. The molecular formula is C22H23ClN6O2. The number of nitrogens with zero attached hydrogens (tertiary/aromatic N) is 5. The van der Waals surface area contributed by atoms with E-state index < -0.39 is 0 Å². The Bertz CT molecular complexity index is 1010. The van der Waals surface area contributed by atoms with Crippen LogP contribution in [0.3, 0.4) is 0 Å². The first-order valence-electron chi connectivity index (χ1n) is 10.1. The van der Waals surface area contributed by atoms with E-state index in [9.17, 15) is 0 Å². The molecule has 1 saturated heterocycles. The van der Waals surface area contributed by atoms with Crippen molar-refractivity contribution in [2.24, 2.45) is 5.10 Å². The van der Waals surface area contributed by atoms with E-state index in [1.165, 1.54) is 0 Å². The Labute approximate surface area is 185 Å². The molecular weight excluding hydrogens is 416 g/mol. The van der Waals surface area contributed by atoms with E-state index in [1.54, 1.807) is 12.4 Å². The average Bonchev–Trinajstić information content (AvgIpc) is 2.80. The van der Waals surface area contributed by atoms with Crippen LogP contribution in [-0.2, 0) is 11.2 Å². The van der Waals surface area contributed by atoms with Gasteiger partial charge >= 0.3 is 6.01 Å². The van der Waals surface area contributed by atoms with Gasteiger partial charge in [-0.15, -0.1) is 0 Å². The van der Waals surface area contributed by atoms with Crippen molar-refractivity contribution in [2.75, 3.05) is 43.2 Å². The van der Waals surface area contributed by atoms with E-state index >= 15 is 0 Å². The maximum absolute atomic E-state index is 6.02. The molecule has 0 atom stereocenters. The van der Waals surface area contributed by atoms with Crippen LogP contribution in [0.5, 0.6) is 6.01 Å². The van der Waals surface area contributed by atoms with Gasteiger partial charge in [-0.05, 0) is 29.8 Å². The van der Waals surface area contributed by atoms with Gasteiger partial charge in [0.15, 0.2) is 5.82 Å². The highest BCUT2D eigenvalue weighted by Crippen LogP contribution is 2.21. The van der Waals surface area contributed by atoms with E-state index in [-0.39, 0.29) is 0 Å². The molecule has 1 aliphatic heterocycles. The molecule has 1 fully saturated rings. The normalized spacial score (nSPS) is 14.0. The highest BCUT2D eigenvalue weighted by Gasteiger charge is 2.15. The van der Waals surface area contributed by atoms with Gasteiger partial charge in [0.2, 0.25) is 0 Å². The van der Waals surface area contributed by atoms with Gasteiger partial charge in [0.1, 0.15) is 5.82 Å². The molecule has 3 heterocycles. The van der Waals surface area contributed by atoms with Crippen LogP contribution in [0.15, 0.2) is 59.8 Å². The lowest BCUT2D eigenvalue weighted by Crippen LogP contribution is -2.36. The Kier molecular flexibility index (Phi) is 7.25. The standard InChI is InChI=1S/C22H23ClN6O2/c23-18-5-3-4-17(14-18)16-25-28-20-15-21(29-9-12-30-13-10-29)27-22(26-20)31-11-7-19-6-1-2-8-24-19/h1-6,8,14-16H,7,9-13H2,(H,26,27,28)/b25-16+. The third-order valence-corrected chi connectivity index (χ3v) is 4.82. The molecule has 0 amide bonds. The Morgan fingerprint density at radius 1 is 1.13 bits per heavy atom. The lowest BCUT2D eigenvalue weighted by molar-refractivity contribution is 0.122. The van der Waals surface area contributed by atoms with E-state index in [4.69, 9.17) is 21.1 Å². The Hall–Kier alpha value is -3.23.